The second kappa shape index (κ2) is 10.6. The van der Waals surface area contributed by atoms with E-state index in [1.165, 1.54) is 0 Å². The summed E-state index contributed by atoms with van der Waals surface area (Å²) in [6.07, 6.45) is 7.21. The number of nitrogens with one attached hydrogen (secondary N) is 1. The van der Waals surface area contributed by atoms with Crippen LogP contribution in [-0.2, 0) is 16.9 Å². The summed E-state index contributed by atoms with van der Waals surface area (Å²) in [4.78, 5) is 14.0. The van der Waals surface area contributed by atoms with E-state index >= 15 is 0 Å². The van der Waals surface area contributed by atoms with Gasteiger partial charge in [-0.05, 0) is 29.6 Å². The molecule has 0 aliphatic carbocycles. The molecule has 0 unspecified atom stereocenters. The van der Waals surface area contributed by atoms with E-state index in [0.29, 0.717) is 12.6 Å². The van der Waals surface area contributed by atoms with E-state index in [9.17, 15) is 0 Å². The van der Waals surface area contributed by atoms with E-state index < -0.39 is 10.4 Å². The second-order valence-corrected chi connectivity index (χ2v) is 7.84. The van der Waals surface area contributed by atoms with E-state index in [1.807, 2.05) is 58.6 Å². The number of rotatable bonds is 7. The van der Waals surface area contributed by atoms with Crippen molar-refractivity contribution in [2.24, 2.45) is 0 Å². The van der Waals surface area contributed by atoms with Gasteiger partial charge in [-0.1, -0.05) is 12.1 Å². The second-order valence-electron chi connectivity index (χ2n) is 5.99. The van der Waals surface area contributed by atoms with Gasteiger partial charge >= 0.3 is 10.4 Å². The van der Waals surface area contributed by atoms with Crippen molar-refractivity contribution in [3.8, 4) is 16.3 Å². The zero-order chi connectivity index (χ0) is 22.1. The Morgan fingerprint density at radius 3 is 2.68 bits per heavy atom. The molecule has 4 rings (SSSR count). The van der Waals surface area contributed by atoms with Gasteiger partial charge in [-0.15, -0.1) is 11.3 Å². The first-order valence-electron chi connectivity index (χ1n) is 8.89. The van der Waals surface area contributed by atoms with Crippen molar-refractivity contribution in [3.05, 3.63) is 72.8 Å². The zero-order valence-electron chi connectivity index (χ0n) is 16.1. The molecule has 0 aliphatic heterocycles. The molecule has 0 saturated heterocycles. The minimum atomic E-state index is -4.67. The third-order valence-corrected chi connectivity index (χ3v) is 4.59. The number of nitrogens with zero attached hydrogens (tertiary/aromatic N) is 4. The number of imidazole rings is 1. The summed E-state index contributed by atoms with van der Waals surface area (Å²) < 4.78 is 39.4. The Bertz CT molecular complexity index is 1170. The number of ether oxygens (including phenoxy) is 1. The van der Waals surface area contributed by atoms with Crippen LogP contribution in [0.1, 0.15) is 0 Å². The number of benzene rings is 1. The predicted octanol–water partition coefficient (Wildman–Crippen LogP) is 3.57. The summed E-state index contributed by atoms with van der Waals surface area (Å²) >= 11 is 1.66. The van der Waals surface area contributed by atoms with Crippen LogP contribution in [0.15, 0.2) is 72.8 Å². The molecular formula is C19H19N5O5S2. The Hall–Kier alpha value is -3.32. The van der Waals surface area contributed by atoms with Gasteiger partial charge in [0.15, 0.2) is 0 Å². The van der Waals surface area contributed by atoms with Gasteiger partial charge in [0.1, 0.15) is 12.4 Å². The Kier molecular flexibility index (Phi) is 7.67. The van der Waals surface area contributed by atoms with Crippen LogP contribution in [0.4, 0.5) is 11.6 Å². The summed E-state index contributed by atoms with van der Waals surface area (Å²) in [7, 11) is -4.67. The van der Waals surface area contributed by atoms with Crippen molar-refractivity contribution < 1.29 is 22.3 Å². The number of hydrogen-bond donors (Lipinski definition) is 3. The van der Waals surface area contributed by atoms with Crippen molar-refractivity contribution in [1.29, 1.82) is 0 Å². The summed E-state index contributed by atoms with van der Waals surface area (Å²) in [6.45, 7) is 1.33. The molecular weight excluding hydrogens is 442 g/mol. The topological polar surface area (TPSA) is 139 Å². The molecule has 0 atom stereocenters. The van der Waals surface area contributed by atoms with Gasteiger partial charge in [-0.2, -0.15) is 8.42 Å². The molecule has 0 amide bonds. The lowest BCUT2D eigenvalue weighted by Gasteiger charge is -2.10. The molecule has 12 heteroatoms. The molecule has 0 radical (unpaired) electrons. The van der Waals surface area contributed by atoms with Gasteiger partial charge in [-0.25, -0.2) is 15.0 Å². The van der Waals surface area contributed by atoms with Crippen LogP contribution < -0.4 is 10.1 Å². The summed E-state index contributed by atoms with van der Waals surface area (Å²) in [5, 5.41) is 5.27. The van der Waals surface area contributed by atoms with Gasteiger partial charge < -0.3 is 14.6 Å². The minimum absolute atomic E-state index is 0.562. The molecule has 31 heavy (non-hydrogen) atoms. The number of thiophene rings is 1. The van der Waals surface area contributed by atoms with E-state index in [-0.39, 0.29) is 0 Å². The van der Waals surface area contributed by atoms with Crippen LogP contribution in [0.5, 0.6) is 5.75 Å². The normalized spacial score (nSPS) is 10.8. The smallest absolute Gasteiger partial charge is 0.394 e. The Balaban J connectivity index is 0.000000491. The molecule has 10 nitrogen and oxygen atoms in total. The van der Waals surface area contributed by atoms with Crippen molar-refractivity contribution >= 4 is 33.4 Å². The molecule has 0 saturated carbocycles. The van der Waals surface area contributed by atoms with Crippen LogP contribution in [-0.4, -0.2) is 43.6 Å². The standard InChI is InChI=1S/C19H17N5OS.H2O4S/c1-3-15(13-16(4-1)25-11-10-24-9-8-20-14-24)22-19-21-7-6-17(23-19)18-5-2-12-26-18;1-5(2,3)4/h1-9,12-14H,10-11H2,(H,21,22,23);(H2,1,2,3,4). The molecule has 0 spiro atoms. The molecule has 0 aliphatic rings. The summed E-state index contributed by atoms with van der Waals surface area (Å²) in [5.41, 5.74) is 1.79. The van der Waals surface area contributed by atoms with Crippen LogP contribution >= 0.6 is 11.3 Å². The maximum absolute atomic E-state index is 8.74. The third-order valence-electron chi connectivity index (χ3n) is 3.70. The molecule has 162 valence electrons. The van der Waals surface area contributed by atoms with Crippen molar-refractivity contribution in [1.82, 2.24) is 19.5 Å². The van der Waals surface area contributed by atoms with Gasteiger partial charge in [0.25, 0.3) is 0 Å². The summed E-state index contributed by atoms with van der Waals surface area (Å²) in [6, 6.07) is 13.7. The fourth-order valence-corrected chi connectivity index (χ4v) is 3.16. The number of anilines is 2. The van der Waals surface area contributed by atoms with E-state index in [1.54, 1.807) is 30.1 Å². The highest BCUT2D eigenvalue weighted by molar-refractivity contribution is 7.79. The fourth-order valence-electron chi connectivity index (χ4n) is 2.46. The molecule has 0 bridgehead atoms. The van der Waals surface area contributed by atoms with E-state index in [4.69, 9.17) is 22.3 Å². The largest absolute Gasteiger partial charge is 0.492 e. The first-order valence-corrected chi connectivity index (χ1v) is 11.2. The number of aromatic nitrogens is 4. The quantitative estimate of drug-likeness (QED) is 0.352. The highest BCUT2D eigenvalue weighted by Crippen LogP contribution is 2.24. The van der Waals surface area contributed by atoms with Crippen LogP contribution in [0.3, 0.4) is 0 Å². The highest BCUT2D eigenvalue weighted by atomic mass is 32.3. The highest BCUT2D eigenvalue weighted by Gasteiger charge is 2.04. The average molecular weight is 462 g/mol. The summed E-state index contributed by atoms with van der Waals surface area (Å²) in [5.74, 6) is 1.36. The fraction of sp³-hybridized carbons (Fsp3) is 0.105. The van der Waals surface area contributed by atoms with Gasteiger partial charge in [-0.3, -0.25) is 9.11 Å². The zero-order valence-corrected chi connectivity index (χ0v) is 17.7. The molecule has 3 aromatic heterocycles. The lowest BCUT2D eigenvalue weighted by Crippen LogP contribution is -2.06. The molecule has 4 aromatic rings. The number of hydrogen-bond acceptors (Lipinski definition) is 8. The first kappa shape index (κ1) is 22.4. The Labute approximate surface area is 182 Å². The monoisotopic (exact) mass is 461 g/mol. The predicted molar refractivity (Wildman–Crippen MR) is 117 cm³/mol. The Morgan fingerprint density at radius 2 is 1.97 bits per heavy atom. The van der Waals surface area contributed by atoms with Crippen molar-refractivity contribution in [2.45, 2.75) is 6.54 Å². The van der Waals surface area contributed by atoms with Crippen molar-refractivity contribution in [3.63, 3.8) is 0 Å². The first-order chi connectivity index (χ1) is 14.9. The van der Waals surface area contributed by atoms with Gasteiger partial charge in [0.05, 0.1) is 23.4 Å². The van der Waals surface area contributed by atoms with E-state index in [2.05, 4.69) is 20.3 Å². The minimum Gasteiger partial charge on any atom is -0.492 e. The average Bonchev–Trinajstić information content (AvgIpc) is 3.42. The lowest BCUT2D eigenvalue weighted by molar-refractivity contribution is 0.298. The van der Waals surface area contributed by atoms with Crippen molar-refractivity contribution in [2.75, 3.05) is 11.9 Å². The van der Waals surface area contributed by atoms with E-state index in [0.717, 1.165) is 28.6 Å². The Morgan fingerprint density at radius 1 is 1.13 bits per heavy atom. The third kappa shape index (κ3) is 8.14. The molecule has 1 aromatic carbocycles. The molecule has 3 N–H and O–H groups in total. The van der Waals surface area contributed by atoms with Gasteiger partial charge in [0.2, 0.25) is 5.95 Å². The van der Waals surface area contributed by atoms with Crippen LogP contribution in [0.25, 0.3) is 10.6 Å². The van der Waals surface area contributed by atoms with Crippen LogP contribution in [0, 0.1) is 0 Å². The molecule has 3 heterocycles. The SMILES string of the molecule is O=S(=O)(O)O.c1cc(Nc2nccc(-c3cccs3)n2)cc(OCCn2ccnc2)c1. The van der Waals surface area contributed by atoms with Gasteiger partial charge in [0, 0.05) is 30.3 Å². The maximum Gasteiger partial charge on any atom is 0.394 e. The lowest BCUT2D eigenvalue weighted by atomic mass is 10.3. The maximum atomic E-state index is 8.74. The van der Waals surface area contributed by atoms with Crippen LogP contribution in [0.2, 0.25) is 0 Å². The molecule has 0 fully saturated rings.